The van der Waals surface area contributed by atoms with Crippen molar-refractivity contribution >= 4 is 29.3 Å². The number of likely N-dealkylation sites (tertiary alicyclic amines) is 1. The minimum atomic E-state index is -1.11. The molecule has 0 bridgehead atoms. The molecule has 0 aromatic carbocycles. The second kappa shape index (κ2) is 6.88. The molecule has 3 heterocycles. The number of aromatic nitrogens is 3. The second-order valence-corrected chi connectivity index (χ2v) is 5.97. The van der Waals surface area contributed by atoms with Gasteiger partial charge in [0.05, 0.1) is 17.4 Å². The third kappa shape index (κ3) is 3.65. The number of rotatable bonds is 4. The number of aromatic carboxylic acids is 1. The lowest BCUT2D eigenvalue weighted by Crippen LogP contribution is -2.42. The van der Waals surface area contributed by atoms with Crippen LogP contribution in [0.3, 0.4) is 0 Å². The molecule has 0 spiro atoms. The molecule has 0 aliphatic carbocycles. The van der Waals surface area contributed by atoms with Crippen LogP contribution in [0.1, 0.15) is 33.8 Å². The zero-order chi connectivity index (χ0) is 17.1. The van der Waals surface area contributed by atoms with Crippen molar-refractivity contribution < 1.29 is 14.7 Å². The van der Waals surface area contributed by atoms with Gasteiger partial charge in [-0.1, -0.05) is 11.6 Å². The molecule has 24 heavy (non-hydrogen) atoms. The van der Waals surface area contributed by atoms with Gasteiger partial charge in [-0.15, -0.1) is 0 Å². The summed E-state index contributed by atoms with van der Waals surface area (Å²) in [6, 6.07) is 1.78. The van der Waals surface area contributed by atoms with E-state index in [0.717, 1.165) is 12.8 Å². The number of aromatic amines is 1. The lowest BCUT2D eigenvalue weighted by molar-refractivity contribution is 0.0687. The number of carbonyl (C=O) groups excluding carboxylic acids is 1. The Kier molecular flexibility index (Phi) is 4.66. The molecular formula is C15H16ClN5O3. The number of carboxylic acid groups (broad SMARTS) is 1. The Morgan fingerprint density at radius 1 is 1.29 bits per heavy atom. The topological polar surface area (TPSA) is 111 Å². The summed E-state index contributed by atoms with van der Waals surface area (Å²) >= 11 is 5.83. The van der Waals surface area contributed by atoms with Gasteiger partial charge in [0, 0.05) is 25.3 Å². The monoisotopic (exact) mass is 349 g/mol. The summed E-state index contributed by atoms with van der Waals surface area (Å²) < 4.78 is 0. The molecule has 8 nitrogen and oxygen atoms in total. The zero-order valence-electron chi connectivity index (χ0n) is 12.7. The molecule has 1 aliphatic heterocycles. The molecule has 1 saturated heterocycles. The number of halogens is 1. The summed E-state index contributed by atoms with van der Waals surface area (Å²) in [5.74, 6) is -0.642. The Morgan fingerprint density at radius 3 is 2.58 bits per heavy atom. The zero-order valence-corrected chi connectivity index (χ0v) is 13.5. The number of H-pyrrole nitrogens is 1. The van der Waals surface area contributed by atoms with Crippen molar-refractivity contribution in [3.63, 3.8) is 0 Å². The average molecular weight is 350 g/mol. The number of carbonyl (C=O) groups is 2. The Bertz CT molecular complexity index is 738. The number of amides is 1. The van der Waals surface area contributed by atoms with Crippen LogP contribution in [0.5, 0.6) is 0 Å². The van der Waals surface area contributed by atoms with Crippen LogP contribution < -0.4 is 5.32 Å². The van der Waals surface area contributed by atoms with Gasteiger partial charge < -0.3 is 20.3 Å². The van der Waals surface area contributed by atoms with E-state index in [1.54, 1.807) is 17.2 Å². The van der Waals surface area contributed by atoms with Crippen molar-refractivity contribution in [1.82, 2.24) is 19.9 Å². The summed E-state index contributed by atoms with van der Waals surface area (Å²) in [7, 11) is 0. The first-order chi connectivity index (χ1) is 11.5. The molecule has 1 aliphatic rings. The van der Waals surface area contributed by atoms with Crippen LogP contribution >= 0.6 is 11.6 Å². The van der Waals surface area contributed by atoms with Crippen LogP contribution in [0.15, 0.2) is 24.7 Å². The van der Waals surface area contributed by atoms with E-state index in [-0.39, 0.29) is 17.6 Å². The van der Waals surface area contributed by atoms with E-state index in [2.05, 4.69) is 20.3 Å². The van der Waals surface area contributed by atoms with Gasteiger partial charge in [0.15, 0.2) is 5.69 Å². The summed E-state index contributed by atoms with van der Waals surface area (Å²) in [6.45, 7) is 1.24. The van der Waals surface area contributed by atoms with Gasteiger partial charge in [0.25, 0.3) is 5.91 Å². The smallest absolute Gasteiger partial charge is 0.356 e. The van der Waals surface area contributed by atoms with E-state index in [0.29, 0.717) is 29.6 Å². The molecule has 0 radical (unpaired) electrons. The predicted octanol–water partition coefficient (Wildman–Crippen LogP) is 1.87. The normalized spacial score (nSPS) is 15.3. The summed E-state index contributed by atoms with van der Waals surface area (Å²) in [4.78, 5) is 35.6. The average Bonchev–Trinajstić information content (AvgIpc) is 3.02. The van der Waals surface area contributed by atoms with E-state index < -0.39 is 5.97 Å². The Balaban J connectivity index is 1.53. The molecule has 0 saturated carbocycles. The van der Waals surface area contributed by atoms with Crippen molar-refractivity contribution in [3.8, 4) is 0 Å². The molecule has 3 N–H and O–H groups in total. The molecule has 9 heteroatoms. The molecule has 0 unspecified atom stereocenters. The maximum atomic E-state index is 12.3. The maximum Gasteiger partial charge on any atom is 0.356 e. The quantitative estimate of drug-likeness (QED) is 0.777. The standard InChI is InChI=1S/C15H16ClN5O3/c16-9-5-11(17-6-9)14(22)21-3-1-10(2-4-21)20-13-8-18-12(7-19-13)15(23)24/h5-8,10,17H,1-4H2,(H,19,20)(H,23,24). The van der Waals surface area contributed by atoms with Gasteiger partial charge in [-0.05, 0) is 18.9 Å². The van der Waals surface area contributed by atoms with Crippen molar-refractivity contribution in [1.29, 1.82) is 0 Å². The minimum Gasteiger partial charge on any atom is -0.476 e. The van der Waals surface area contributed by atoms with Crippen LogP contribution in [0.2, 0.25) is 5.02 Å². The highest BCUT2D eigenvalue weighted by atomic mass is 35.5. The number of nitrogens with zero attached hydrogens (tertiary/aromatic N) is 3. The highest BCUT2D eigenvalue weighted by Crippen LogP contribution is 2.18. The van der Waals surface area contributed by atoms with Gasteiger partial charge in [-0.25, -0.2) is 14.8 Å². The molecule has 2 aromatic rings. The van der Waals surface area contributed by atoms with Gasteiger partial charge in [0.1, 0.15) is 11.5 Å². The third-order valence-corrected chi connectivity index (χ3v) is 4.10. The number of nitrogens with one attached hydrogen (secondary N) is 2. The van der Waals surface area contributed by atoms with E-state index in [4.69, 9.17) is 16.7 Å². The van der Waals surface area contributed by atoms with E-state index in [1.165, 1.54) is 12.4 Å². The fraction of sp³-hybridized carbons (Fsp3) is 0.333. The van der Waals surface area contributed by atoms with Gasteiger partial charge >= 0.3 is 5.97 Å². The van der Waals surface area contributed by atoms with Crippen molar-refractivity contribution in [2.45, 2.75) is 18.9 Å². The molecule has 3 rings (SSSR count). The van der Waals surface area contributed by atoms with Crippen LogP contribution in [0, 0.1) is 0 Å². The first-order valence-corrected chi connectivity index (χ1v) is 7.86. The van der Waals surface area contributed by atoms with E-state index >= 15 is 0 Å². The number of hydrogen-bond donors (Lipinski definition) is 3. The Hall–Kier alpha value is -2.61. The van der Waals surface area contributed by atoms with E-state index in [9.17, 15) is 9.59 Å². The summed E-state index contributed by atoms with van der Waals surface area (Å²) in [5, 5.41) is 12.5. The number of hydrogen-bond acceptors (Lipinski definition) is 5. The first-order valence-electron chi connectivity index (χ1n) is 7.48. The lowest BCUT2D eigenvalue weighted by Gasteiger charge is -2.32. The Labute approximate surface area is 142 Å². The van der Waals surface area contributed by atoms with Gasteiger partial charge in [-0.2, -0.15) is 0 Å². The van der Waals surface area contributed by atoms with Crippen LogP contribution in [0.4, 0.5) is 5.82 Å². The fourth-order valence-corrected chi connectivity index (χ4v) is 2.77. The molecule has 0 atom stereocenters. The largest absolute Gasteiger partial charge is 0.476 e. The third-order valence-electron chi connectivity index (χ3n) is 3.88. The second-order valence-electron chi connectivity index (χ2n) is 5.53. The van der Waals surface area contributed by atoms with Crippen molar-refractivity contribution in [2.24, 2.45) is 0 Å². The van der Waals surface area contributed by atoms with Crippen LogP contribution in [-0.2, 0) is 0 Å². The molecule has 126 valence electrons. The maximum absolute atomic E-state index is 12.3. The SMILES string of the molecule is O=C(O)c1cnc(NC2CCN(C(=O)c3cc(Cl)c[nH]3)CC2)cn1. The van der Waals surface area contributed by atoms with Crippen LogP contribution in [0.25, 0.3) is 0 Å². The van der Waals surface area contributed by atoms with Gasteiger partial charge in [0.2, 0.25) is 0 Å². The van der Waals surface area contributed by atoms with Gasteiger partial charge in [-0.3, -0.25) is 4.79 Å². The molecule has 1 fully saturated rings. The van der Waals surface area contributed by atoms with E-state index in [1.807, 2.05) is 0 Å². The number of piperidine rings is 1. The number of anilines is 1. The predicted molar refractivity (Wildman–Crippen MR) is 87.3 cm³/mol. The number of carboxylic acids is 1. The van der Waals surface area contributed by atoms with Crippen LogP contribution in [-0.4, -0.2) is 56.0 Å². The minimum absolute atomic E-state index is 0.0639. The lowest BCUT2D eigenvalue weighted by atomic mass is 10.0. The highest BCUT2D eigenvalue weighted by Gasteiger charge is 2.24. The summed E-state index contributed by atoms with van der Waals surface area (Å²) in [5.41, 5.74) is 0.395. The highest BCUT2D eigenvalue weighted by molar-refractivity contribution is 6.30. The molecule has 2 aromatic heterocycles. The molecular weight excluding hydrogens is 334 g/mol. The molecule has 1 amide bonds. The summed E-state index contributed by atoms with van der Waals surface area (Å²) in [6.07, 6.45) is 5.74. The van der Waals surface area contributed by atoms with Crippen molar-refractivity contribution in [2.75, 3.05) is 18.4 Å². The first kappa shape index (κ1) is 16.3. The van der Waals surface area contributed by atoms with Crippen molar-refractivity contribution in [3.05, 3.63) is 41.1 Å². The Morgan fingerprint density at radius 2 is 2.04 bits per heavy atom. The fourth-order valence-electron chi connectivity index (χ4n) is 2.61.